The van der Waals surface area contributed by atoms with Crippen LogP contribution in [0, 0.1) is 11.3 Å². The lowest BCUT2D eigenvalue weighted by molar-refractivity contribution is -0.151. The van der Waals surface area contributed by atoms with E-state index in [-0.39, 0.29) is 30.3 Å². The molecule has 0 atom stereocenters. The van der Waals surface area contributed by atoms with Gasteiger partial charge in [0.15, 0.2) is 0 Å². The number of nitriles is 1. The first kappa shape index (κ1) is 13.8. The van der Waals surface area contributed by atoms with E-state index in [1.165, 1.54) is 0 Å². The molecule has 0 saturated carbocycles. The lowest BCUT2D eigenvalue weighted by Crippen LogP contribution is -2.57. The second-order valence-electron chi connectivity index (χ2n) is 3.70. The van der Waals surface area contributed by atoms with Gasteiger partial charge < -0.3 is 15.2 Å². The first-order valence-corrected chi connectivity index (χ1v) is 6.33. The van der Waals surface area contributed by atoms with Gasteiger partial charge in [-0.1, -0.05) is 0 Å². The molecule has 1 fully saturated rings. The average Bonchev–Trinajstić information content (AvgIpc) is 2.30. The Labute approximate surface area is 103 Å². The quantitative estimate of drug-likeness (QED) is 0.673. The Morgan fingerprint density at radius 2 is 2.12 bits per heavy atom. The summed E-state index contributed by atoms with van der Waals surface area (Å²) < 4.78 is 5.09. The molecule has 6 nitrogen and oxygen atoms in total. The van der Waals surface area contributed by atoms with Crippen molar-refractivity contribution >= 4 is 23.6 Å². The zero-order valence-electron chi connectivity index (χ0n) is 9.27. The topological polar surface area (TPSA) is 99.4 Å². The smallest absolute Gasteiger partial charge is 0.329 e. The second kappa shape index (κ2) is 6.47. The summed E-state index contributed by atoms with van der Waals surface area (Å²) in [6.45, 7) is 0.663. The number of carboxylic acid groups (broad SMARTS) is 1. The van der Waals surface area contributed by atoms with Gasteiger partial charge in [-0.05, 0) is 0 Å². The molecular weight excluding hydrogens is 244 g/mol. The van der Waals surface area contributed by atoms with Gasteiger partial charge in [0.1, 0.15) is 5.54 Å². The number of hydrogen-bond acceptors (Lipinski definition) is 5. The maximum atomic E-state index is 11.6. The molecule has 1 heterocycles. The molecule has 0 spiro atoms. The number of rotatable bonds is 5. The van der Waals surface area contributed by atoms with Gasteiger partial charge in [-0.2, -0.15) is 5.26 Å². The van der Waals surface area contributed by atoms with Crippen LogP contribution in [0.25, 0.3) is 0 Å². The molecule has 2 N–H and O–H groups in total. The van der Waals surface area contributed by atoms with Crippen LogP contribution in [0.4, 0.5) is 0 Å². The Morgan fingerprint density at radius 1 is 1.47 bits per heavy atom. The highest BCUT2D eigenvalue weighted by Gasteiger charge is 2.41. The first-order valence-electron chi connectivity index (χ1n) is 5.17. The number of thioether (sulfide) groups is 1. The zero-order chi connectivity index (χ0) is 12.7. The number of nitrogens with zero attached hydrogens (tertiary/aromatic N) is 1. The van der Waals surface area contributed by atoms with Gasteiger partial charge in [0.05, 0.1) is 17.6 Å². The van der Waals surface area contributed by atoms with Crippen molar-refractivity contribution in [1.29, 1.82) is 5.26 Å². The Hall–Kier alpha value is -1.26. The van der Waals surface area contributed by atoms with E-state index in [9.17, 15) is 14.7 Å². The third-order valence-corrected chi connectivity index (χ3v) is 3.33. The van der Waals surface area contributed by atoms with Gasteiger partial charge in [0, 0.05) is 26.1 Å². The number of carbonyl (C=O) groups excluding carboxylic acids is 1. The van der Waals surface area contributed by atoms with E-state index in [4.69, 9.17) is 10.00 Å². The number of amides is 1. The minimum Gasteiger partial charge on any atom is -0.480 e. The zero-order valence-corrected chi connectivity index (χ0v) is 10.1. The van der Waals surface area contributed by atoms with Gasteiger partial charge in [-0.3, -0.25) is 4.79 Å². The van der Waals surface area contributed by atoms with Crippen LogP contribution in [0.15, 0.2) is 0 Å². The molecule has 0 bridgehead atoms. The van der Waals surface area contributed by atoms with Crippen molar-refractivity contribution < 1.29 is 19.4 Å². The van der Waals surface area contributed by atoms with Crippen LogP contribution in [-0.2, 0) is 14.3 Å². The summed E-state index contributed by atoms with van der Waals surface area (Å²) >= 11 is 1.16. The third kappa shape index (κ3) is 3.91. The highest BCUT2D eigenvalue weighted by Crippen LogP contribution is 2.21. The molecule has 1 aliphatic rings. The highest BCUT2D eigenvalue weighted by atomic mass is 32.2. The Balaban J connectivity index is 2.52. The SMILES string of the molecule is N#CCSCC(=O)NC1(C(=O)O)CCOCC1. The van der Waals surface area contributed by atoms with E-state index in [1.54, 1.807) is 0 Å². The lowest BCUT2D eigenvalue weighted by Gasteiger charge is -2.33. The van der Waals surface area contributed by atoms with Gasteiger partial charge in [-0.25, -0.2) is 4.79 Å². The van der Waals surface area contributed by atoms with Crippen molar-refractivity contribution in [1.82, 2.24) is 5.32 Å². The molecule has 7 heteroatoms. The van der Waals surface area contributed by atoms with Crippen molar-refractivity contribution in [2.45, 2.75) is 18.4 Å². The van der Waals surface area contributed by atoms with E-state index in [2.05, 4.69) is 5.32 Å². The normalized spacial score (nSPS) is 18.1. The first-order chi connectivity index (χ1) is 8.10. The van der Waals surface area contributed by atoms with Crippen LogP contribution < -0.4 is 5.32 Å². The fourth-order valence-corrected chi connectivity index (χ4v) is 2.06. The van der Waals surface area contributed by atoms with Crippen molar-refractivity contribution in [3.05, 3.63) is 0 Å². The van der Waals surface area contributed by atoms with Crippen LogP contribution in [0.3, 0.4) is 0 Å². The van der Waals surface area contributed by atoms with E-state index < -0.39 is 11.5 Å². The number of nitrogens with one attached hydrogen (secondary N) is 1. The van der Waals surface area contributed by atoms with Crippen LogP contribution in [0.5, 0.6) is 0 Å². The van der Waals surface area contributed by atoms with Crippen molar-refractivity contribution in [3.63, 3.8) is 0 Å². The Morgan fingerprint density at radius 3 is 2.65 bits per heavy atom. The predicted molar refractivity (Wildman–Crippen MR) is 61.5 cm³/mol. The molecule has 1 saturated heterocycles. The molecule has 0 aromatic carbocycles. The summed E-state index contributed by atoms with van der Waals surface area (Å²) in [6, 6.07) is 1.91. The van der Waals surface area contributed by atoms with Crippen molar-refractivity contribution in [2.24, 2.45) is 0 Å². The number of carboxylic acids is 1. The summed E-state index contributed by atoms with van der Waals surface area (Å²) in [5.74, 6) is -1.06. The Bertz CT molecular complexity index is 334. The minimum atomic E-state index is -1.21. The maximum Gasteiger partial charge on any atom is 0.329 e. The number of ether oxygens (including phenoxy) is 1. The van der Waals surface area contributed by atoms with Crippen LogP contribution in [0.2, 0.25) is 0 Å². The monoisotopic (exact) mass is 258 g/mol. The summed E-state index contributed by atoms with van der Waals surface area (Å²) in [5, 5.41) is 20.0. The van der Waals surface area contributed by atoms with E-state index >= 15 is 0 Å². The molecular formula is C10H14N2O4S. The molecule has 94 valence electrons. The number of hydrogen-bond donors (Lipinski definition) is 2. The molecule has 1 amide bonds. The highest BCUT2D eigenvalue weighted by molar-refractivity contribution is 8.00. The maximum absolute atomic E-state index is 11.6. The van der Waals surface area contributed by atoms with E-state index in [0.717, 1.165) is 11.8 Å². The average molecular weight is 258 g/mol. The third-order valence-electron chi connectivity index (χ3n) is 2.53. The number of carbonyl (C=O) groups is 2. The fraction of sp³-hybridized carbons (Fsp3) is 0.700. The van der Waals surface area contributed by atoms with Gasteiger partial charge in [-0.15, -0.1) is 11.8 Å². The summed E-state index contributed by atoms with van der Waals surface area (Å²) in [7, 11) is 0. The standard InChI is InChI=1S/C10H14N2O4S/c11-3-6-17-7-8(13)12-10(9(14)15)1-4-16-5-2-10/h1-2,4-7H2,(H,12,13)(H,14,15). The molecule has 0 radical (unpaired) electrons. The molecule has 0 aromatic rings. The van der Waals surface area contributed by atoms with Crippen molar-refractivity contribution in [3.8, 4) is 6.07 Å². The summed E-state index contributed by atoms with van der Waals surface area (Å²) in [5.41, 5.74) is -1.21. The molecule has 17 heavy (non-hydrogen) atoms. The lowest BCUT2D eigenvalue weighted by atomic mass is 9.90. The van der Waals surface area contributed by atoms with E-state index in [1.807, 2.05) is 6.07 Å². The minimum absolute atomic E-state index is 0.101. The summed E-state index contributed by atoms with van der Waals surface area (Å²) in [4.78, 5) is 22.8. The second-order valence-corrected chi connectivity index (χ2v) is 4.68. The molecule has 0 aromatic heterocycles. The van der Waals surface area contributed by atoms with Crippen LogP contribution in [-0.4, -0.2) is 47.2 Å². The van der Waals surface area contributed by atoms with Gasteiger partial charge >= 0.3 is 5.97 Å². The van der Waals surface area contributed by atoms with E-state index in [0.29, 0.717) is 13.2 Å². The molecule has 0 unspecified atom stereocenters. The molecule has 0 aliphatic carbocycles. The molecule has 1 rings (SSSR count). The number of aliphatic carboxylic acids is 1. The van der Waals surface area contributed by atoms with Crippen LogP contribution >= 0.6 is 11.8 Å². The van der Waals surface area contributed by atoms with Crippen molar-refractivity contribution in [2.75, 3.05) is 24.7 Å². The summed E-state index contributed by atoms with van der Waals surface area (Å²) in [6.07, 6.45) is 0.550. The fourth-order valence-electron chi connectivity index (χ4n) is 1.60. The predicted octanol–water partition coefficient (Wildman–Crippen LogP) is -0.00682. The van der Waals surface area contributed by atoms with Gasteiger partial charge in [0.25, 0.3) is 0 Å². The van der Waals surface area contributed by atoms with Gasteiger partial charge in [0.2, 0.25) is 5.91 Å². The van der Waals surface area contributed by atoms with Crippen LogP contribution in [0.1, 0.15) is 12.8 Å². The molecule has 1 aliphatic heterocycles. The largest absolute Gasteiger partial charge is 0.480 e. The Kier molecular flexibility index (Phi) is 5.25.